The summed E-state index contributed by atoms with van der Waals surface area (Å²) >= 11 is 1.35. The number of rotatable bonds is 6. The lowest BCUT2D eigenvalue weighted by Crippen LogP contribution is -2.09. The van der Waals surface area contributed by atoms with E-state index >= 15 is 0 Å². The van der Waals surface area contributed by atoms with Crippen LogP contribution in [0.5, 0.6) is 0 Å². The maximum Gasteiger partial charge on any atom is 0.235 e. The molecule has 0 bridgehead atoms. The van der Waals surface area contributed by atoms with Gasteiger partial charge in [-0.25, -0.2) is 4.85 Å². The quantitative estimate of drug-likeness (QED) is 0.190. The lowest BCUT2D eigenvalue weighted by Gasteiger charge is -2.25. The van der Waals surface area contributed by atoms with E-state index in [4.69, 9.17) is 6.57 Å². The van der Waals surface area contributed by atoms with Crippen LogP contribution in [0.1, 0.15) is 15.2 Å². The molecule has 0 saturated carbocycles. The molecule has 30 heavy (non-hydrogen) atoms. The molecule has 0 fully saturated rings. The number of nitrogens with zero attached hydrogens (tertiary/aromatic N) is 2. The van der Waals surface area contributed by atoms with Crippen molar-refractivity contribution in [2.75, 3.05) is 4.90 Å². The Balaban J connectivity index is 1.67. The first-order valence-electron chi connectivity index (χ1n) is 9.44. The topological polar surface area (TPSA) is 24.7 Å². The molecule has 0 aliphatic carbocycles. The van der Waals surface area contributed by atoms with Crippen LogP contribution in [-0.2, 0) is 0 Å². The van der Waals surface area contributed by atoms with Gasteiger partial charge >= 0.3 is 0 Å². The number of para-hydroxylation sites is 2. The van der Waals surface area contributed by atoms with Gasteiger partial charge in [0.2, 0.25) is 11.5 Å². The molecule has 3 nitrogen and oxygen atoms in total. The lowest BCUT2D eigenvalue weighted by molar-refractivity contribution is 0.104. The van der Waals surface area contributed by atoms with Gasteiger partial charge in [0, 0.05) is 17.1 Å². The maximum absolute atomic E-state index is 12.5. The molecule has 1 aromatic heterocycles. The molecule has 4 rings (SSSR count). The molecule has 0 aliphatic rings. The van der Waals surface area contributed by atoms with E-state index in [1.54, 1.807) is 12.1 Å². The SMILES string of the molecule is [C-]#[N+]C(=Cc1ccc(N(c2ccccc2)c2ccccc2)cc1)C(=O)c1cccs1. The second kappa shape index (κ2) is 9.04. The molecule has 0 unspecified atom stereocenters. The minimum absolute atomic E-state index is 0.119. The largest absolute Gasteiger partial charge is 0.311 e. The van der Waals surface area contributed by atoms with E-state index in [0.717, 1.165) is 22.6 Å². The maximum atomic E-state index is 12.5. The minimum Gasteiger partial charge on any atom is -0.311 e. The van der Waals surface area contributed by atoms with Crippen molar-refractivity contribution in [1.82, 2.24) is 0 Å². The van der Waals surface area contributed by atoms with Crippen LogP contribution < -0.4 is 4.90 Å². The van der Waals surface area contributed by atoms with Crippen LogP contribution in [0.2, 0.25) is 0 Å². The standard InChI is InChI=1S/C26H18N2OS/c1-27-24(26(29)25-13-8-18-30-25)19-20-14-16-23(17-15-20)28(21-9-4-2-5-10-21)22-11-6-3-7-12-22/h2-19H. The van der Waals surface area contributed by atoms with Gasteiger partial charge in [-0.1, -0.05) is 54.6 Å². The van der Waals surface area contributed by atoms with Crippen LogP contribution in [-0.4, -0.2) is 5.78 Å². The molecule has 0 amide bonds. The van der Waals surface area contributed by atoms with Gasteiger partial charge < -0.3 is 9.69 Å². The molecule has 4 aromatic rings. The molecule has 3 aromatic carbocycles. The second-order valence-electron chi connectivity index (χ2n) is 6.55. The zero-order valence-electron chi connectivity index (χ0n) is 16.1. The Morgan fingerprint density at radius 3 is 1.83 bits per heavy atom. The van der Waals surface area contributed by atoms with Gasteiger partial charge in [-0.3, -0.25) is 0 Å². The van der Waals surface area contributed by atoms with Crippen LogP contribution in [0.3, 0.4) is 0 Å². The van der Waals surface area contributed by atoms with Crippen molar-refractivity contribution in [3.8, 4) is 0 Å². The first-order chi connectivity index (χ1) is 14.8. The first kappa shape index (κ1) is 19.4. The van der Waals surface area contributed by atoms with Crippen LogP contribution in [0, 0.1) is 6.57 Å². The molecule has 0 spiro atoms. The van der Waals surface area contributed by atoms with Crippen molar-refractivity contribution in [1.29, 1.82) is 0 Å². The number of benzene rings is 3. The summed E-state index contributed by atoms with van der Waals surface area (Å²) < 4.78 is 0. The highest BCUT2D eigenvalue weighted by atomic mass is 32.1. The van der Waals surface area contributed by atoms with Gasteiger partial charge in [0.05, 0.1) is 11.4 Å². The predicted octanol–water partition coefficient (Wildman–Crippen LogP) is 7.36. The van der Waals surface area contributed by atoms with E-state index in [-0.39, 0.29) is 11.5 Å². The van der Waals surface area contributed by atoms with Gasteiger partial charge in [0.15, 0.2) is 0 Å². The number of thiophene rings is 1. The van der Waals surface area contributed by atoms with Crippen molar-refractivity contribution in [2.24, 2.45) is 0 Å². The summed E-state index contributed by atoms with van der Waals surface area (Å²) in [5.74, 6) is -0.237. The fourth-order valence-corrected chi connectivity index (χ4v) is 3.83. The monoisotopic (exact) mass is 406 g/mol. The highest BCUT2D eigenvalue weighted by Crippen LogP contribution is 2.34. The van der Waals surface area contributed by atoms with Crippen molar-refractivity contribution < 1.29 is 4.79 Å². The molecule has 4 heteroatoms. The van der Waals surface area contributed by atoms with Crippen molar-refractivity contribution in [3.05, 3.63) is 130 Å². The Kier molecular flexibility index (Phi) is 5.84. The zero-order valence-corrected chi connectivity index (χ0v) is 16.9. The number of Topliss-reactive ketones (excluding diaryl/α,β-unsaturated/α-hetero) is 1. The second-order valence-corrected chi connectivity index (χ2v) is 7.49. The Morgan fingerprint density at radius 2 is 1.33 bits per heavy atom. The molecule has 0 saturated heterocycles. The fourth-order valence-electron chi connectivity index (χ4n) is 3.16. The van der Waals surface area contributed by atoms with Crippen molar-refractivity contribution in [2.45, 2.75) is 0 Å². The van der Waals surface area contributed by atoms with Crippen molar-refractivity contribution in [3.63, 3.8) is 0 Å². The summed E-state index contributed by atoms with van der Waals surface area (Å²) in [7, 11) is 0. The number of allylic oxidation sites excluding steroid dienone is 1. The summed E-state index contributed by atoms with van der Waals surface area (Å²) in [6.45, 7) is 7.41. The molecule has 0 atom stereocenters. The Morgan fingerprint density at radius 1 is 0.767 bits per heavy atom. The Bertz CT molecular complexity index is 1150. The molecular weight excluding hydrogens is 388 g/mol. The summed E-state index contributed by atoms with van der Waals surface area (Å²) in [5, 5.41) is 1.84. The Hall–Kier alpha value is -3.94. The minimum atomic E-state index is -0.237. The fraction of sp³-hybridized carbons (Fsp3) is 0. The molecule has 1 heterocycles. The van der Waals surface area contributed by atoms with Gasteiger partial charge in [0.25, 0.3) is 0 Å². The third kappa shape index (κ3) is 4.22. The number of ketones is 1. The van der Waals surface area contributed by atoms with E-state index < -0.39 is 0 Å². The third-order valence-corrected chi connectivity index (χ3v) is 5.45. The van der Waals surface area contributed by atoms with E-state index in [0.29, 0.717) is 4.88 Å². The number of anilines is 3. The smallest absolute Gasteiger partial charge is 0.235 e. The molecule has 0 radical (unpaired) electrons. The number of carbonyl (C=O) groups excluding carboxylic acids is 1. The number of hydrogen-bond acceptors (Lipinski definition) is 3. The van der Waals surface area contributed by atoms with Crippen LogP contribution in [0.15, 0.2) is 108 Å². The normalized spacial score (nSPS) is 11.0. The van der Waals surface area contributed by atoms with Gasteiger partial charge in [-0.05, 0) is 59.5 Å². The van der Waals surface area contributed by atoms with Crippen LogP contribution in [0.4, 0.5) is 17.1 Å². The summed E-state index contributed by atoms with van der Waals surface area (Å²) in [6, 6.07) is 31.7. The highest BCUT2D eigenvalue weighted by Gasteiger charge is 2.14. The average Bonchev–Trinajstić information content (AvgIpc) is 3.35. The van der Waals surface area contributed by atoms with E-state index in [9.17, 15) is 4.79 Å². The lowest BCUT2D eigenvalue weighted by atomic mass is 10.1. The number of carbonyl (C=O) groups is 1. The summed E-state index contributed by atoms with van der Waals surface area (Å²) in [4.78, 5) is 18.7. The van der Waals surface area contributed by atoms with Gasteiger partial charge in [-0.15, -0.1) is 11.3 Å². The molecular formula is C26H18N2OS. The Labute approximate surface area is 180 Å². The van der Waals surface area contributed by atoms with E-state index in [1.807, 2.05) is 72.1 Å². The zero-order chi connectivity index (χ0) is 20.8. The van der Waals surface area contributed by atoms with E-state index in [2.05, 4.69) is 34.0 Å². The van der Waals surface area contributed by atoms with Crippen molar-refractivity contribution >= 4 is 40.3 Å². The number of hydrogen-bond donors (Lipinski definition) is 0. The molecule has 0 aliphatic heterocycles. The predicted molar refractivity (Wildman–Crippen MR) is 124 cm³/mol. The van der Waals surface area contributed by atoms with Crippen LogP contribution in [0.25, 0.3) is 10.9 Å². The van der Waals surface area contributed by atoms with E-state index in [1.165, 1.54) is 11.3 Å². The summed E-state index contributed by atoms with van der Waals surface area (Å²) in [6.07, 6.45) is 1.65. The first-order valence-corrected chi connectivity index (χ1v) is 10.3. The molecule has 0 N–H and O–H groups in total. The molecule has 144 valence electrons. The van der Waals surface area contributed by atoms with Gasteiger partial charge in [-0.2, -0.15) is 0 Å². The highest BCUT2D eigenvalue weighted by molar-refractivity contribution is 7.12. The average molecular weight is 407 g/mol. The third-order valence-electron chi connectivity index (χ3n) is 4.58. The van der Waals surface area contributed by atoms with Gasteiger partial charge in [0.1, 0.15) is 0 Å². The van der Waals surface area contributed by atoms with Crippen LogP contribution >= 0.6 is 11.3 Å². The summed E-state index contributed by atoms with van der Waals surface area (Å²) in [5.41, 5.74) is 4.05.